The minimum Gasteiger partial charge on any atom is -0.444 e. The number of rotatable bonds is 4. The summed E-state index contributed by atoms with van der Waals surface area (Å²) in [5, 5.41) is 3.21. The molecule has 5 heterocycles. The molecule has 2 saturated heterocycles. The Balaban J connectivity index is 0.000000230. The number of nitrogens with two attached hydrogens (primary N) is 1. The van der Waals surface area contributed by atoms with Crippen molar-refractivity contribution in [2.45, 2.75) is 78.8 Å². The van der Waals surface area contributed by atoms with Crippen molar-refractivity contribution in [1.82, 2.24) is 24.8 Å². The number of amides is 2. The van der Waals surface area contributed by atoms with Crippen LogP contribution in [0.25, 0.3) is 0 Å². The predicted molar refractivity (Wildman–Crippen MR) is 191 cm³/mol. The molecule has 2 fully saturated rings. The first-order valence-corrected chi connectivity index (χ1v) is 17.0. The third-order valence-corrected chi connectivity index (χ3v) is 7.86. The van der Waals surface area contributed by atoms with Gasteiger partial charge in [0, 0.05) is 47.3 Å². The van der Waals surface area contributed by atoms with Crippen molar-refractivity contribution in [3.05, 3.63) is 69.6 Å². The summed E-state index contributed by atoms with van der Waals surface area (Å²) in [5.41, 5.74) is 8.45. The monoisotopic (exact) mass is 741 g/mol. The lowest BCUT2D eigenvalue weighted by molar-refractivity contribution is -0.0435. The van der Waals surface area contributed by atoms with Crippen LogP contribution in [0.5, 0.6) is 0 Å². The Labute approximate surface area is 297 Å². The summed E-state index contributed by atoms with van der Waals surface area (Å²) in [6.07, 6.45) is 4.15. The first kappa shape index (κ1) is 37.8. The zero-order valence-electron chi connectivity index (χ0n) is 29.6. The molecule has 0 saturated carbocycles. The molecular weight excluding hydrogens is 694 g/mol. The largest absolute Gasteiger partial charge is 0.444 e. The third-order valence-electron chi connectivity index (χ3n) is 7.39. The zero-order valence-corrected chi connectivity index (χ0v) is 31.2. The molecule has 266 valence electrons. The number of hydrogen-bond acceptors (Lipinski definition) is 11. The van der Waals surface area contributed by atoms with Gasteiger partial charge < -0.3 is 39.8 Å². The average molecular weight is 743 g/mol. The molecule has 3 aromatic rings. The Bertz CT molecular complexity index is 1590. The van der Waals surface area contributed by atoms with Crippen LogP contribution in [-0.2, 0) is 18.9 Å². The number of nitrogens with one attached hydrogen (secondary N) is 1. The second kappa shape index (κ2) is 16.1. The van der Waals surface area contributed by atoms with E-state index in [0.717, 1.165) is 38.4 Å². The van der Waals surface area contributed by atoms with Gasteiger partial charge in [-0.1, -0.05) is 0 Å². The molecule has 3 N–H and O–H groups in total. The van der Waals surface area contributed by atoms with Crippen LogP contribution in [-0.4, -0.2) is 87.5 Å². The molecule has 13 nitrogen and oxygen atoms in total. The van der Waals surface area contributed by atoms with E-state index in [4.69, 9.17) is 24.7 Å². The summed E-state index contributed by atoms with van der Waals surface area (Å²) in [7, 11) is 0. The lowest BCUT2D eigenvalue weighted by atomic mass is 10.1. The summed E-state index contributed by atoms with van der Waals surface area (Å²) in [6, 6.07) is 7.77. The molecule has 2 aliphatic rings. The van der Waals surface area contributed by atoms with Gasteiger partial charge in [0.15, 0.2) is 0 Å². The second-order valence-corrected chi connectivity index (χ2v) is 14.9. The third kappa shape index (κ3) is 11.5. The van der Waals surface area contributed by atoms with Gasteiger partial charge in [0.2, 0.25) is 0 Å². The van der Waals surface area contributed by atoms with Crippen molar-refractivity contribution in [1.29, 1.82) is 0 Å². The highest BCUT2D eigenvalue weighted by Gasteiger charge is 2.30. The molecular formula is C35H48BrN7O6. The Kier molecular flexibility index (Phi) is 12.4. The number of nitrogens with zero attached hydrogens (tertiary/aromatic N) is 5. The molecule has 14 heteroatoms. The van der Waals surface area contributed by atoms with Crippen molar-refractivity contribution < 1.29 is 28.5 Å². The Morgan fingerprint density at radius 2 is 1.33 bits per heavy atom. The lowest BCUT2D eigenvalue weighted by Crippen LogP contribution is -2.44. The molecule has 49 heavy (non-hydrogen) atoms. The number of carbonyl (C=O) groups excluding carboxylic acids is 2. The van der Waals surface area contributed by atoms with Gasteiger partial charge in [0.1, 0.15) is 40.9 Å². The van der Waals surface area contributed by atoms with Crippen molar-refractivity contribution in [2.75, 3.05) is 50.4 Å². The van der Waals surface area contributed by atoms with E-state index in [1.807, 2.05) is 79.7 Å². The summed E-state index contributed by atoms with van der Waals surface area (Å²) in [5.74, 6) is 1.97. The van der Waals surface area contributed by atoms with Crippen LogP contribution in [0, 0.1) is 13.8 Å². The highest BCUT2D eigenvalue weighted by molar-refractivity contribution is 9.10. The van der Waals surface area contributed by atoms with Crippen molar-refractivity contribution >= 4 is 45.6 Å². The molecule has 2 amide bonds. The van der Waals surface area contributed by atoms with Crippen molar-refractivity contribution in [2.24, 2.45) is 0 Å². The molecule has 2 unspecified atom stereocenters. The fraction of sp³-hybridized carbons (Fsp3) is 0.514. The molecule has 3 aromatic heterocycles. The highest BCUT2D eigenvalue weighted by Crippen LogP contribution is 2.27. The molecule has 2 atom stereocenters. The van der Waals surface area contributed by atoms with Crippen LogP contribution < -0.4 is 11.1 Å². The predicted octanol–water partition coefficient (Wildman–Crippen LogP) is 6.88. The van der Waals surface area contributed by atoms with E-state index in [-0.39, 0.29) is 24.4 Å². The molecule has 0 radical (unpaired) electrons. The van der Waals surface area contributed by atoms with E-state index in [1.165, 1.54) is 0 Å². The topological polar surface area (TPSA) is 154 Å². The van der Waals surface area contributed by atoms with Gasteiger partial charge in [-0.3, -0.25) is 0 Å². The number of hydrogen-bond donors (Lipinski definition) is 2. The molecule has 0 aromatic carbocycles. The van der Waals surface area contributed by atoms with Gasteiger partial charge in [0.05, 0.1) is 26.3 Å². The minimum absolute atomic E-state index is 0.196. The quantitative estimate of drug-likeness (QED) is 0.288. The van der Waals surface area contributed by atoms with Gasteiger partial charge in [-0.05, 0) is 107 Å². The standard InChI is InChI=1S/C20H25BrN4O3.C15H23N3O3/c1-13-9-14(10-23-18(13)24-17-6-5-15(21)11-22-17)16-12-25(7-8-27-16)19(26)28-20(2,3)4;1-10-7-11(8-17-13(10)16)12-9-18(5-6-20-12)14(19)21-15(2,3)4/h5-6,9-11,16H,7-8,12H2,1-4H3,(H,22,23,24);7-8,12H,5-6,9H2,1-4H3,(H2,16,17). The molecule has 0 aliphatic carbocycles. The average Bonchev–Trinajstić information content (AvgIpc) is 3.03. The number of aryl methyl sites for hydroxylation is 2. The maximum atomic E-state index is 12.4. The number of ether oxygens (including phenoxy) is 4. The summed E-state index contributed by atoms with van der Waals surface area (Å²) >= 11 is 3.37. The van der Waals surface area contributed by atoms with Crippen LogP contribution >= 0.6 is 15.9 Å². The second-order valence-electron chi connectivity index (χ2n) is 14.0. The maximum absolute atomic E-state index is 12.4. The van der Waals surface area contributed by atoms with Crippen LogP contribution in [0.2, 0.25) is 0 Å². The van der Waals surface area contributed by atoms with Crippen LogP contribution in [0.3, 0.4) is 0 Å². The van der Waals surface area contributed by atoms with Crippen molar-refractivity contribution in [3.63, 3.8) is 0 Å². The molecule has 5 rings (SSSR count). The first-order chi connectivity index (χ1) is 23.0. The van der Waals surface area contributed by atoms with Gasteiger partial charge in [-0.15, -0.1) is 0 Å². The molecule has 0 spiro atoms. The van der Waals surface area contributed by atoms with E-state index in [1.54, 1.807) is 28.4 Å². The number of anilines is 3. The fourth-order valence-corrected chi connectivity index (χ4v) is 5.18. The Morgan fingerprint density at radius 3 is 1.78 bits per heavy atom. The summed E-state index contributed by atoms with van der Waals surface area (Å²) < 4.78 is 23.4. The van der Waals surface area contributed by atoms with Crippen molar-refractivity contribution in [3.8, 4) is 0 Å². The number of halogens is 1. The maximum Gasteiger partial charge on any atom is 0.410 e. The summed E-state index contributed by atoms with van der Waals surface area (Å²) in [4.78, 5) is 40.8. The minimum atomic E-state index is -0.516. The first-order valence-electron chi connectivity index (χ1n) is 16.2. The number of pyridine rings is 3. The Morgan fingerprint density at radius 1 is 0.816 bits per heavy atom. The summed E-state index contributed by atoms with van der Waals surface area (Å²) in [6.45, 7) is 17.9. The van der Waals surface area contributed by atoms with Gasteiger partial charge in [-0.2, -0.15) is 0 Å². The SMILES string of the molecule is Cc1cc(C2CN(C(=O)OC(C)(C)C)CCO2)cnc1N.Cc1cc(C2CN(C(=O)OC(C)(C)C)CCO2)cnc1Nc1ccc(Br)cn1. The lowest BCUT2D eigenvalue weighted by Gasteiger charge is -2.34. The van der Waals surface area contributed by atoms with E-state index >= 15 is 0 Å². The number of morpholine rings is 2. The van der Waals surface area contributed by atoms with E-state index in [0.29, 0.717) is 45.2 Å². The van der Waals surface area contributed by atoms with Crippen LogP contribution in [0.4, 0.5) is 27.0 Å². The molecule has 0 bridgehead atoms. The van der Waals surface area contributed by atoms with Gasteiger partial charge >= 0.3 is 12.2 Å². The number of carbonyl (C=O) groups is 2. The van der Waals surface area contributed by atoms with E-state index < -0.39 is 11.2 Å². The normalized spacial score (nSPS) is 18.2. The van der Waals surface area contributed by atoms with Crippen LogP contribution in [0.15, 0.2) is 47.3 Å². The van der Waals surface area contributed by atoms with Gasteiger partial charge in [0.25, 0.3) is 0 Å². The van der Waals surface area contributed by atoms with E-state index in [9.17, 15) is 9.59 Å². The zero-order chi connectivity index (χ0) is 35.9. The number of aromatic nitrogens is 3. The Hall–Kier alpha value is -4.01. The molecule has 2 aliphatic heterocycles. The van der Waals surface area contributed by atoms with E-state index in [2.05, 4.69) is 36.2 Å². The highest BCUT2D eigenvalue weighted by atomic mass is 79.9. The van der Waals surface area contributed by atoms with Crippen LogP contribution in [0.1, 0.15) is 76.0 Å². The smallest absolute Gasteiger partial charge is 0.410 e. The fourth-order valence-electron chi connectivity index (χ4n) is 4.94. The number of nitrogen functional groups attached to an aromatic ring is 1. The van der Waals surface area contributed by atoms with Gasteiger partial charge in [-0.25, -0.2) is 24.5 Å².